The van der Waals surface area contributed by atoms with Crippen molar-refractivity contribution in [3.8, 4) is 5.75 Å². The molecule has 4 rings (SSSR count). The number of carbonyl (C=O) groups is 1. The number of aryl methyl sites for hydroxylation is 1. The summed E-state index contributed by atoms with van der Waals surface area (Å²) in [6.07, 6.45) is 0. The van der Waals surface area contributed by atoms with E-state index >= 15 is 0 Å². The van der Waals surface area contributed by atoms with Crippen LogP contribution in [0.5, 0.6) is 5.75 Å². The SMILES string of the molecule is CCOc1ccccc1NC(=O)c1cc2c(C)nn(Cc3ccc(F)cc3)c2s1. The topological polar surface area (TPSA) is 56.1 Å². The molecule has 1 N–H and O–H groups in total. The highest BCUT2D eigenvalue weighted by molar-refractivity contribution is 7.20. The summed E-state index contributed by atoms with van der Waals surface area (Å²) in [5.41, 5.74) is 2.44. The van der Waals surface area contributed by atoms with Gasteiger partial charge >= 0.3 is 0 Å². The molecular weight excluding hydrogens is 389 g/mol. The molecule has 2 heterocycles. The summed E-state index contributed by atoms with van der Waals surface area (Å²) in [4.78, 5) is 14.3. The molecule has 0 spiro atoms. The van der Waals surface area contributed by atoms with Crippen LogP contribution in [-0.4, -0.2) is 22.3 Å². The van der Waals surface area contributed by atoms with Crippen molar-refractivity contribution >= 4 is 33.1 Å². The summed E-state index contributed by atoms with van der Waals surface area (Å²) in [6, 6.07) is 15.6. The molecule has 5 nitrogen and oxygen atoms in total. The molecule has 0 aliphatic rings. The second-order valence-electron chi connectivity index (χ2n) is 6.58. The first-order chi connectivity index (χ1) is 14.0. The molecule has 0 bridgehead atoms. The molecule has 0 aliphatic heterocycles. The van der Waals surface area contributed by atoms with Crippen molar-refractivity contribution in [1.82, 2.24) is 9.78 Å². The van der Waals surface area contributed by atoms with E-state index < -0.39 is 0 Å². The zero-order chi connectivity index (χ0) is 20.4. The van der Waals surface area contributed by atoms with Crippen LogP contribution in [0.15, 0.2) is 54.6 Å². The first-order valence-electron chi connectivity index (χ1n) is 9.29. The molecule has 4 aromatic rings. The molecule has 0 unspecified atom stereocenters. The predicted molar refractivity (Wildman–Crippen MR) is 113 cm³/mol. The molecule has 0 aliphatic carbocycles. The minimum atomic E-state index is -0.266. The van der Waals surface area contributed by atoms with Crippen LogP contribution in [0.4, 0.5) is 10.1 Å². The van der Waals surface area contributed by atoms with Crippen molar-refractivity contribution in [3.63, 3.8) is 0 Å². The van der Waals surface area contributed by atoms with Gasteiger partial charge in [-0.3, -0.25) is 9.48 Å². The molecule has 7 heteroatoms. The Kier molecular flexibility index (Phi) is 5.31. The molecule has 0 saturated carbocycles. The Labute approximate surface area is 171 Å². The normalized spacial score (nSPS) is 11.0. The third kappa shape index (κ3) is 4.00. The molecule has 0 saturated heterocycles. The summed E-state index contributed by atoms with van der Waals surface area (Å²) in [5.74, 6) is 0.187. The number of carbonyl (C=O) groups excluding carboxylic acids is 1. The predicted octanol–water partition coefficient (Wildman–Crippen LogP) is 5.24. The van der Waals surface area contributed by atoms with Crippen LogP contribution in [0.25, 0.3) is 10.2 Å². The van der Waals surface area contributed by atoms with Gasteiger partial charge in [0.15, 0.2) is 0 Å². The van der Waals surface area contributed by atoms with E-state index in [4.69, 9.17) is 4.74 Å². The maximum Gasteiger partial charge on any atom is 0.265 e. The minimum absolute atomic E-state index is 0.189. The molecule has 2 aromatic heterocycles. The Hall–Kier alpha value is -3.19. The molecule has 0 fully saturated rings. The number of ether oxygens (including phenoxy) is 1. The Morgan fingerprint density at radius 2 is 1.97 bits per heavy atom. The number of fused-ring (bicyclic) bond motifs is 1. The first-order valence-corrected chi connectivity index (χ1v) is 10.1. The van der Waals surface area contributed by atoms with Crippen molar-refractivity contribution in [2.24, 2.45) is 0 Å². The van der Waals surface area contributed by atoms with Gasteiger partial charge in [-0.05, 0) is 49.7 Å². The van der Waals surface area contributed by atoms with Crippen LogP contribution in [0, 0.1) is 12.7 Å². The molecule has 0 atom stereocenters. The number of amides is 1. The number of rotatable bonds is 6. The van der Waals surface area contributed by atoms with Gasteiger partial charge in [-0.1, -0.05) is 24.3 Å². The van der Waals surface area contributed by atoms with Gasteiger partial charge in [-0.2, -0.15) is 5.10 Å². The lowest BCUT2D eigenvalue weighted by molar-refractivity contribution is 0.103. The number of thiophene rings is 1. The fourth-order valence-corrected chi connectivity index (χ4v) is 4.19. The average Bonchev–Trinajstić information content (AvgIpc) is 3.27. The molecule has 29 heavy (non-hydrogen) atoms. The van der Waals surface area contributed by atoms with E-state index in [1.54, 1.807) is 12.1 Å². The quantitative estimate of drug-likeness (QED) is 0.474. The lowest BCUT2D eigenvalue weighted by Gasteiger charge is -2.10. The van der Waals surface area contributed by atoms with E-state index in [1.165, 1.54) is 23.5 Å². The number of para-hydroxylation sites is 2. The number of hydrogen-bond acceptors (Lipinski definition) is 4. The Bertz CT molecular complexity index is 1160. The highest BCUT2D eigenvalue weighted by atomic mass is 32.1. The van der Waals surface area contributed by atoms with E-state index in [1.807, 2.05) is 48.9 Å². The fourth-order valence-electron chi connectivity index (χ4n) is 3.13. The van der Waals surface area contributed by atoms with E-state index in [2.05, 4.69) is 10.4 Å². The Balaban J connectivity index is 1.60. The van der Waals surface area contributed by atoms with Gasteiger partial charge in [-0.15, -0.1) is 11.3 Å². The van der Waals surface area contributed by atoms with Gasteiger partial charge in [0.05, 0.1) is 29.4 Å². The van der Waals surface area contributed by atoms with Crippen molar-refractivity contribution < 1.29 is 13.9 Å². The molecular formula is C22H20FN3O2S. The zero-order valence-corrected chi connectivity index (χ0v) is 16.9. The summed E-state index contributed by atoms with van der Waals surface area (Å²) < 4.78 is 20.6. The van der Waals surface area contributed by atoms with Gasteiger partial charge in [0, 0.05) is 5.39 Å². The highest BCUT2D eigenvalue weighted by Gasteiger charge is 2.17. The van der Waals surface area contributed by atoms with Crippen molar-refractivity contribution in [2.75, 3.05) is 11.9 Å². The summed E-state index contributed by atoms with van der Waals surface area (Å²) in [5, 5.41) is 8.45. The number of aromatic nitrogens is 2. The molecule has 2 aromatic carbocycles. The second-order valence-corrected chi connectivity index (χ2v) is 7.61. The highest BCUT2D eigenvalue weighted by Crippen LogP contribution is 2.31. The van der Waals surface area contributed by atoms with Gasteiger partial charge in [0.1, 0.15) is 16.4 Å². The first kappa shape index (κ1) is 19.1. The van der Waals surface area contributed by atoms with Gasteiger partial charge in [0.2, 0.25) is 0 Å². The lowest BCUT2D eigenvalue weighted by Crippen LogP contribution is -2.11. The maximum absolute atomic E-state index is 13.2. The number of halogens is 1. The van der Waals surface area contributed by atoms with Crippen LogP contribution in [0.2, 0.25) is 0 Å². The second kappa shape index (κ2) is 8.05. The maximum atomic E-state index is 13.2. The van der Waals surface area contributed by atoms with Crippen molar-refractivity contribution in [2.45, 2.75) is 20.4 Å². The summed E-state index contributed by atoms with van der Waals surface area (Å²) in [6.45, 7) is 4.86. The number of benzene rings is 2. The third-order valence-electron chi connectivity index (χ3n) is 4.51. The summed E-state index contributed by atoms with van der Waals surface area (Å²) >= 11 is 1.39. The monoisotopic (exact) mass is 409 g/mol. The smallest absolute Gasteiger partial charge is 0.265 e. The molecule has 148 valence electrons. The Morgan fingerprint density at radius 1 is 1.21 bits per heavy atom. The van der Waals surface area contributed by atoms with Crippen molar-refractivity contribution in [1.29, 1.82) is 0 Å². The van der Waals surface area contributed by atoms with Crippen LogP contribution in [-0.2, 0) is 6.54 Å². The van der Waals surface area contributed by atoms with E-state index in [0.717, 1.165) is 21.5 Å². The Morgan fingerprint density at radius 3 is 2.72 bits per heavy atom. The summed E-state index contributed by atoms with van der Waals surface area (Å²) in [7, 11) is 0. The van der Waals surface area contributed by atoms with Crippen LogP contribution >= 0.6 is 11.3 Å². The third-order valence-corrected chi connectivity index (χ3v) is 5.66. The number of anilines is 1. The fraction of sp³-hybridized carbons (Fsp3) is 0.182. The minimum Gasteiger partial charge on any atom is -0.492 e. The van der Waals surface area contributed by atoms with Crippen molar-refractivity contribution in [3.05, 3.63) is 76.5 Å². The van der Waals surface area contributed by atoms with Gasteiger partial charge < -0.3 is 10.1 Å². The van der Waals surface area contributed by atoms with Gasteiger partial charge in [0.25, 0.3) is 5.91 Å². The van der Waals surface area contributed by atoms with Crippen LogP contribution < -0.4 is 10.1 Å². The molecule has 0 radical (unpaired) electrons. The van der Waals surface area contributed by atoms with E-state index in [9.17, 15) is 9.18 Å². The number of nitrogens with one attached hydrogen (secondary N) is 1. The van der Waals surface area contributed by atoms with Crippen LogP contribution in [0.1, 0.15) is 27.9 Å². The average molecular weight is 409 g/mol. The van der Waals surface area contributed by atoms with E-state index in [0.29, 0.717) is 29.5 Å². The van der Waals surface area contributed by atoms with E-state index in [-0.39, 0.29) is 11.7 Å². The van der Waals surface area contributed by atoms with Crippen LogP contribution in [0.3, 0.4) is 0 Å². The van der Waals surface area contributed by atoms with Gasteiger partial charge in [-0.25, -0.2) is 4.39 Å². The molecule has 1 amide bonds. The largest absolute Gasteiger partial charge is 0.492 e. The lowest BCUT2D eigenvalue weighted by atomic mass is 10.2. The number of hydrogen-bond donors (Lipinski definition) is 1. The standard InChI is InChI=1S/C22H20FN3O2S/c1-3-28-19-7-5-4-6-18(19)24-21(27)20-12-17-14(2)25-26(22(17)29-20)13-15-8-10-16(23)11-9-15/h4-12H,3,13H2,1-2H3,(H,24,27). The number of nitrogens with zero attached hydrogens (tertiary/aromatic N) is 2. The zero-order valence-electron chi connectivity index (χ0n) is 16.1.